The number of rotatable bonds is 6. The number of para-hydroxylation sites is 2. The molecule has 0 bridgehead atoms. The van der Waals surface area contributed by atoms with Gasteiger partial charge in [-0.2, -0.15) is 0 Å². The van der Waals surface area contributed by atoms with Gasteiger partial charge >= 0.3 is 5.97 Å². The number of esters is 1. The summed E-state index contributed by atoms with van der Waals surface area (Å²) in [6.45, 7) is 6.64. The molecule has 0 N–H and O–H groups in total. The lowest BCUT2D eigenvalue weighted by Crippen LogP contribution is -2.50. The molecule has 31 heavy (non-hydrogen) atoms. The fourth-order valence-electron chi connectivity index (χ4n) is 4.14. The van der Waals surface area contributed by atoms with Gasteiger partial charge in [-0.05, 0) is 49.1 Å². The van der Waals surface area contributed by atoms with Gasteiger partial charge in [-0.3, -0.25) is 14.5 Å². The smallest absolute Gasteiger partial charge is 0.321 e. The zero-order chi connectivity index (χ0) is 22.1. The highest BCUT2D eigenvalue weighted by molar-refractivity contribution is 6.30. The monoisotopic (exact) mass is 439 g/mol. The van der Waals surface area contributed by atoms with Gasteiger partial charge in [0.05, 0.1) is 23.7 Å². The van der Waals surface area contributed by atoms with E-state index in [0.29, 0.717) is 23.4 Å². The molecule has 3 aromatic rings. The molecular formula is C24H26ClN3O3. The minimum atomic E-state index is -1.02. The summed E-state index contributed by atoms with van der Waals surface area (Å²) in [4.78, 5) is 33.2. The summed E-state index contributed by atoms with van der Waals surface area (Å²) in [6, 6.07) is 14.4. The maximum absolute atomic E-state index is 13.7. The number of aromatic nitrogens is 2. The average Bonchev–Trinajstić information content (AvgIpc) is 3.11. The molecule has 1 aliphatic rings. The molecule has 2 aromatic carbocycles. The van der Waals surface area contributed by atoms with Gasteiger partial charge in [-0.1, -0.05) is 49.7 Å². The van der Waals surface area contributed by atoms with E-state index >= 15 is 0 Å². The van der Waals surface area contributed by atoms with Crippen LogP contribution in [-0.2, 0) is 14.3 Å². The van der Waals surface area contributed by atoms with Crippen LogP contribution in [0, 0.1) is 11.8 Å². The Labute approximate surface area is 186 Å². The van der Waals surface area contributed by atoms with E-state index in [2.05, 4.69) is 13.8 Å². The second-order valence-corrected chi connectivity index (χ2v) is 8.61. The molecule has 1 aromatic heterocycles. The van der Waals surface area contributed by atoms with Crippen LogP contribution in [0.2, 0.25) is 5.02 Å². The summed E-state index contributed by atoms with van der Waals surface area (Å²) in [5, 5.41) is 0.542. The number of fused-ring (bicyclic) bond motifs is 3. The van der Waals surface area contributed by atoms with Gasteiger partial charge in [-0.25, -0.2) is 4.98 Å². The Bertz CT molecular complexity index is 1120. The van der Waals surface area contributed by atoms with Crippen molar-refractivity contribution in [3.8, 4) is 0 Å². The van der Waals surface area contributed by atoms with E-state index in [1.54, 1.807) is 24.0 Å². The molecule has 0 fully saturated rings. The molecule has 0 aliphatic carbocycles. The topological polar surface area (TPSA) is 64.4 Å². The number of nitrogens with zero attached hydrogens (tertiary/aromatic N) is 3. The lowest BCUT2D eigenvalue weighted by Gasteiger charge is -2.38. The van der Waals surface area contributed by atoms with Crippen LogP contribution < -0.4 is 4.90 Å². The second-order valence-electron chi connectivity index (χ2n) is 8.17. The number of carbonyl (C=O) groups is 2. The third kappa shape index (κ3) is 3.92. The van der Waals surface area contributed by atoms with Crippen LogP contribution in [0.5, 0.6) is 0 Å². The number of carbonyl (C=O) groups excluding carboxylic acids is 2. The molecule has 0 radical (unpaired) electrons. The van der Waals surface area contributed by atoms with E-state index in [9.17, 15) is 9.59 Å². The van der Waals surface area contributed by atoms with Crippen LogP contribution in [0.3, 0.4) is 0 Å². The van der Waals surface area contributed by atoms with Gasteiger partial charge in [0, 0.05) is 11.6 Å². The molecule has 1 aliphatic heterocycles. The Morgan fingerprint density at radius 3 is 2.68 bits per heavy atom. The Morgan fingerprint density at radius 1 is 1.19 bits per heavy atom. The summed E-state index contributed by atoms with van der Waals surface area (Å²) in [6.07, 6.45) is 0.798. The first-order chi connectivity index (χ1) is 14.9. The predicted octanol–water partition coefficient (Wildman–Crippen LogP) is 4.85. The molecule has 0 unspecified atom stereocenters. The van der Waals surface area contributed by atoms with Crippen molar-refractivity contribution in [3.05, 3.63) is 59.1 Å². The molecule has 1 amide bonds. The number of anilines is 1. The molecule has 6 nitrogen and oxygen atoms in total. The highest BCUT2D eigenvalue weighted by Crippen LogP contribution is 2.41. The number of amides is 1. The van der Waals surface area contributed by atoms with Gasteiger partial charge in [0.25, 0.3) is 0 Å². The first kappa shape index (κ1) is 21.4. The van der Waals surface area contributed by atoms with Crippen LogP contribution >= 0.6 is 11.6 Å². The van der Waals surface area contributed by atoms with Gasteiger partial charge in [-0.15, -0.1) is 0 Å². The highest BCUT2D eigenvalue weighted by atomic mass is 35.5. The number of benzene rings is 2. The Balaban J connectivity index is 1.97. The van der Waals surface area contributed by atoms with Gasteiger partial charge in [0.1, 0.15) is 0 Å². The molecule has 2 atom stereocenters. The molecule has 2 heterocycles. The Hall–Kier alpha value is -2.86. The minimum absolute atomic E-state index is 0.203. The normalized spacial score (nSPS) is 18.5. The van der Waals surface area contributed by atoms with Crippen LogP contribution in [-0.4, -0.2) is 34.6 Å². The molecule has 0 saturated carbocycles. The zero-order valence-electron chi connectivity index (χ0n) is 17.9. The SMILES string of the molecule is CCOC(=O)[C@@H]1C(=O)N(CCC(C)C)c2nc3ccccc3n2[C@H]1c1cccc(Cl)c1. The second kappa shape index (κ2) is 8.71. The lowest BCUT2D eigenvalue weighted by atomic mass is 9.89. The fourth-order valence-corrected chi connectivity index (χ4v) is 4.34. The largest absolute Gasteiger partial charge is 0.465 e. The number of hydrogen-bond donors (Lipinski definition) is 0. The zero-order valence-corrected chi connectivity index (χ0v) is 18.7. The average molecular weight is 440 g/mol. The van der Waals surface area contributed by atoms with E-state index in [1.807, 2.05) is 41.0 Å². The van der Waals surface area contributed by atoms with Crippen molar-refractivity contribution < 1.29 is 14.3 Å². The first-order valence-corrected chi connectivity index (χ1v) is 11.0. The van der Waals surface area contributed by atoms with Crippen LogP contribution in [0.25, 0.3) is 11.0 Å². The van der Waals surface area contributed by atoms with Crippen LogP contribution in [0.1, 0.15) is 38.8 Å². The third-order valence-electron chi connectivity index (χ3n) is 5.61. The number of hydrogen-bond acceptors (Lipinski definition) is 4. The standard InChI is InChI=1S/C24H26ClN3O3/c1-4-31-23(30)20-21(16-8-7-9-17(25)14-16)28-19-11-6-5-10-18(19)26-24(28)27(22(20)29)13-12-15(2)3/h5-11,14-15,20-21H,4,12-13H2,1-3H3/t20-,21-/m0/s1. The van der Waals surface area contributed by atoms with Crippen molar-refractivity contribution in [3.63, 3.8) is 0 Å². The van der Waals surface area contributed by atoms with Crippen molar-refractivity contribution in [2.45, 2.75) is 33.2 Å². The molecule has 162 valence electrons. The minimum Gasteiger partial charge on any atom is -0.465 e. The third-order valence-corrected chi connectivity index (χ3v) is 5.84. The maximum Gasteiger partial charge on any atom is 0.321 e. The number of imidazole rings is 1. The fraction of sp³-hybridized carbons (Fsp3) is 0.375. The molecular weight excluding hydrogens is 414 g/mol. The van der Waals surface area contributed by atoms with E-state index < -0.39 is 17.9 Å². The van der Waals surface area contributed by atoms with Crippen molar-refractivity contribution >= 4 is 40.5 Å². The van der Waals surface area contributed by atoms with E-state index in [4.69, 9.17) is 21.3 Å². The predicted molar refractivity (Wildman–Crippen MR) is 121 cm³/mol. The molecule has 7 heteroatoms. The quantitative estimate of drug-likeness (QED) is 0.406. The number of halogens is 1. The van der Waals surface area contributed by atoms with Crippen molar-refractivity contribution in [2.75, 3.05) is 18.1 Å². The van der Waals surface area contributed by atoms with Crippen molar-refractivity contribution in [2.24, 2.45) is 11.8 Å². The summed E-state index contributed by atoms with van der Waals surface area (Å²) < 4.78 is 7.35. The van der Waals surface area contributed by atoms with E-state index in [-0.39, 0.29) is 12.5 Å². The van der Waals surface area contributed by atoms with Crippen LogP contribution in [0.15, 0.2) is 48.5 Å². The van der Waals surface area contributed by atoms with Crippen molar-refractivity contribution in [1.29, 1.82) is 0 Å². The van der Waals surface area contributed by atoms with E-state index in [1.165, 1.54) is 0 Å². The Kier molecular flexibility index (Phi) is 6.01. The van der Waals surface area contributed by atoms with Gasteiger partial charge < -0.3 is 9.30 Å². The molecule has 0 spiro atoms. The maximum atomic E-state index is 13.7. The first-order valence-electron chi connectivity index (χ1n) is 10.6. The van der Waals surface area contributed by atoms with Crippen LogP contribution in [0.4, 0.5) is 5.95 Å². The summed E-state index contributed by atoms with van der Waals surface area (Å²) in [5.41, 5.74) is 2.40. The lowest BCUT2D eigenvalue weighted by molar-refractivity contribution is -0.153. The highest BCUT2D eigenvalue weighted by Gasteiger charge is 2.47. The van der Waals surface area contributed by atoms with Gasteiger partial charge in [0.15, 0.2) is 5.92 Å². The summed E-state index contributed by atoms with van der Waals surface area (Å²) in [5.74, 6) is -0.882. The summed E-state index contributed by atoms with van der Waals surface area (Å²) >= 11 is 6.28. The van der Waals surface area contributed by atoms with Crippen molar-refractivity contribution in [1.82, 2.24) is 9.55 Å². The Morgan fingerprint density at radius 2 is 1.97 bits per heavy atom. The van der Waals surface area contributed by atoms with E-state index in [0.717, 1.165) is 23.0 Å². The molecule has 4 rings (SSSR count). The molecule has 0 saturated heterocycles. The summed E-state index contributed by atoms with van der Waals surface area (Å²) in [7, 11) is 0. The van der Waals surface area contributed by atoms with Gasteiger partial charge in [0.2, 0.25) is 11.9 Å². The number of ether oxygens (including phenoxy) is 1.